The first-order valence-electron chi connectivity index (χ1n) is 9.40. The minimum absolute atomic E-state index is 0.0310. The fourth-order valence-electron chi connectivity index (χ4n) is 2.98. The van der Waals surface area contributed by atoms with E-state index in [2.05, 4.69) is 10.3 Å². The van der Waals surface area contributed by atoms with Crippen molar-refractivity contribution in [3.05, 3.63) is 59.2 Å². The number of nitrogens with one attached hydrogen (secondary N) is 1. The van der Waals surface area contributed by atoms with Gasteiger partial charge in [0, 0.05) is 18.6 Å². The smallest absolute Gasteiger partial charge is 0.230 e. The molecule has 158 valence electrons. The van der Waals surface area contributed by atoms with Gasteiger partial charge >= 0.3 is 0 Å². The molecule has 1 amide bonds. The first-order valence-corrected chi connectivity index (χ1v) is 10.8. The highest BCUT2D eigenvalue weighted by Crippen LogP contribution is 2.28. The van der Waals surface area contributed by atoms with E-state index < -0.39 is 0 Å². The maximum atomic E-state index is 12.2. The van der Waals surface area contributed by atoms with E-state index in [-0.39, 0.29) is 5.91 Å². The Morgan fingerprint density at radius 2 is 1.87 bits per heavy atom. The number of imidazole rings is 1. The van der Waals surface area contributed by atoms with Crippen LogP contribution >= 0.6 is 23.4 Å². The number of ether oxygens (including phenoxy) is 2. The van der Waals surface area contributed by atoms with Gasteiger partial charge in [-0.1, -0.05) is 41.6 Å². The summed E-state index contributed by atoms with van der Waals surface area (Å²) in [6, 6.07) is 13.4. The number of methoxy groups -OCH3 is 2. The van der Waals surface area contributed by atoms with Crippen molar-refractivity contribution in [3.63, 3.8) is 0 Å². The maximum Gasteiger partial charge on any atom is 0.230 e. The van der Waals surface area contributed by atoms with Crippen molar-refractivity contribution in [2.75, 3.05) is 26.5 Å². The number of carbonyl (C=O) groups is 1. The SMILES string of the molecule is COc1ccc(CCNC(=O)CSc2ncc(-c3ccc(Cl)cc3)n2C)cc1OC. The largest absolute Gasteiger partial charge is 0.493 e. The lowest BCUT2D eigenvalue weighted by Crippen LogP contribution is -2.27. The minimum Gasteiger partial charge on any atom is -0.493 e. The number of rotatable bonds is 9. The topological polar surface area (TPSA) is 65.4 Å². The van der Waals surface area contributed by atoms with Crippen molar-refractivity contribution in [2.24, 2.45) is 7.05 Å². The van der Waals surface area contributed by atoms with Crippen molar-refractivity contribution in [1.29, 1.82) is 0 Å². The van der Waals surface area contributed by atoms with Gasteiger partial charge in [0.25, 0.3) is 0 Å². The van der Waals surface area contributed by atoms with E-state index in [1.54, 1.807) is 20.4 Å². The first kappa shape index (κ1) is 22.1. The molecule has 8 heteroatoms. The lowest BCUT2D eigenvalue weighted by molar-refractivity contribution is -0.118. The molecule has 2 aromatic carbocycles. The number of thioether (sulfide) groups is 1. The summed E-state index contributed by atoms with van der Waals surface area (Å²) in [5, 5.41) is 4.43. The average Bonchev–Trinajstić information content (AvgIpc) is 3.13. The van der Waals surface area contributed by atoms with Gasteiger partial charge < -0.3 is 19.4 Å². The quantitative estimate of drug-likeness (QED) is 0.500. The van der Waals surface area contributed by atoms with Crippen LogP contribution in [0.15, 0.2) is 53.8 Å². The highest BCUT2D eigenvalue weighted by atomic mass is 35.5. The van der Waals surface area contributed by atoms with Crippen molar-refractivity contribution >= 4 is 29.3 Å². The van der Waals surface area contributed by atoms with Crippen molar-refractivity contribution in [1.82, 2.24) is 14.9 Å². The van der Waals surface area contributed by atoms with Gasteiger partial charge in [-0.15, -0.1) is 0 Å². The number of nitrogens with zero attached hydrogens (tertiary/aromatic N) is 2. The molecular formula is C22H24ClN3O3S. The Hall–Kier alpha value is -2.64. The summed E-state index contributed by atoms with van der Waals surface area (Å²) in [5.74, 6) is 1.64. The third kappa shape index (κ3) is 5.49. The molecule has 3 rings (SSSR count). The fraction of sp³-hybridized carbons (Fsp3) is 0.273. The summed E-state index contributed by atoms with van der Waals surface area (Å²) in [7, 11) is 5.15. The van der Waals surface area contributed by atoms with Gasteiger partial charge in [-0.3, -0.25) is 4.79 Å². The molecule has 1 heterocycles. The maximum absolute atomic E-state index is 12.2. The number of benzene rings is 2. The Kier molecular flexibility index (Phi) is 7.65. The second kappa shape index (κ2) is 10.4. The van der Waals surface area contributed by atoms with Crippen molar-refractivity contribution < 1.29 is 14.3 Å². The van der Waals surface area contributed by atoms with E-state index in [1.807, 2.05) is 54.1 Å². The number of aromatic nitrogens is 2. The van der Waals surface area contributed by atoms with Crippen LogP contribution in [0.2, 0.25) is 5.02 Å². The molecule has 30 heavy (non-hydrogen) atoms. The molecule has 0 saturated carbocycles. The molecule has 1 N–H and O–H groups in total. The first-order chi connectivity index (χ1) is 14.5. The van der Waals surface area contributed by atoms with Crippen LogP contribution in [0, 0.1) is 0 Å². The summed E-state index contributed by atoms with van der Waals surface area (Å²) in [6.07, 6.45) is 2.51. The summed E-state index contributed by atoms with van der Waals surface area (Å²) >= 11 is 7.36. The van der Waals surface area contributed by atoms with Crippen molar-refractivity contribution in [2.45, 2.75) is 11.6 Å². The molecule has 0 saturated heterocycles. The molecule has 0 radical (unpaired) electrons. The Labute approximate surface area is 185 Å². The summed E-state index contributed by atoms with van der Waals surface area (Å²) in [6.45, 7) is 0.547. The van der Waals surface area contributed by atoms with Gasteiger partial charge in [0.05, 0.1) is 31.9 Å². The van der Waals surface area contributed by atoms with Crippen LogP contribution < -0.4 is 14.8 Å². The molecular weight excluding hydrogens is 422 g/mol. The predicted molar refractivity (Wildman–Crippen MR) is 121 cm³/mol. The Bertz CT molecular complexity index is 1010. The molecule has 0 aliphatic rings. The number of amides is 1. The summed E-state index contributed by atoms with van der Waals surface area (Å²) in [5.41, 5.74) is 3.07. The molecule has 0 fully saturated rings. The Morgan fingerprint density at radius 1 is 1.13 bits per heavy atom. The standard InChI is InChI=1S/C22H24ClN3O3S/c1-26-18(16-5-7-17(23)8-6-16)13-25-22(26)30-14-21(27)24-11-10-15-4-9-19(28-2)20(12-15)29-3/h4-9,12-13H,10-11,14H2,1-3H3,(H,24,27). The van der Waals surface area contributed by atoms with Crippen molar-refractivity contribution in [3.8, 4) is 22.8 Å². The number of halogens is 1. The molecule has 0 aliphatic carbocycles. The van der Waals surface area contributed by atoms with E-state index in [0.717, 1.165) is 22.0 Å². The molecule has 6 nitrogen and oxygen atoms in total. The van der Waals surface area contributed by atoms with E-state index >= 15 is 0 Å². The molecule has 0 bridgehead atoms. The molecule has 0 unspecified atom stereocenters. The number of hydrogen-bond donors (Lipinski definition) is 1. The van der Waals surface area contributed by atoms with Crippen LogP contribution in [0.1, 0.15) is 5.56 Å². The lowest BCUT2D eigenvalue weighted by Gasteiger charge is -2.10. The average molecular weight is 446 g/mol. The van der Waals surface area contributed by atoms with Crippen LogP contribution in [0.5, 0.6) is 11.5 Å². The monoisotopic (exact) mass is 445 g/mol. The van der Waals surface area contributed by atoms with Gasteiger partial charge in [-0.05, 0) is 41.8 Å². The van der Waals surface area contributed by atoms with Crippen LogP contribution in [0.4, 0.5) is 0 Å². The molecule has 0 atom stereocenters. The van der Waals surface area contributed by atoms with E-state index in [1.165, 1.54) is 11.8 Å². The minimum atomic E-state index is -0.0310. The molecule has 0 spiro atoms. The molecule has 3 aromatic rings. The highest BCUT2D eigenvalue weighted by molar-refractivity contribution is 7.99. The number of carbonyl (C=O) groups excluding carboxylic acids is 1. The van der Waals surface area contributed by atoms with Gasteiger partial charge in [0.2, 0.25) is 5.91 Å². The molecule has 0 aliphatic heterocycles. The van der Waals surface area contributed by atoms with Gasteiger partial charge in [-0.2, -0.15) is 0 Å². The van der Waals surface area contributed by atoms with E-state index in [0.29, 0.717) is 35.2 Å². The third-order valence-corrected chi connectivity index (χ3v) is 5.90. The zero-order valence-electron chi connectivity index (χ0n) is 17.1. The Morgan fingerprint density at radius 3 is 2.57 bits per heavy atom. The second-order valence-electron chi connectivity index (χ2n) is 6.57. The Balaban J connectivity index is 1.49. The van der Waals surface area contributed by atoms with E-state index in [4.69, 9.17) is 21.1 Å². The zero-order chi connectivity index (χ0) is 21.5. The van der Waals surface area contributed by atoms with Gasteiger partial charge in [0.15, 0.2) is 16.7 Å². The third-order valence-electron chi connectivity index (χ3n) is 4.60. The second-order valence-corrected chi connectivity index (χ2v) is 7.95. The van der Waals surface area contributed by atoms with E-state index in [9.17, 15) is 4.79 Å². The van der Waals surface area contributed by atoms with Gasteiger partial charge in [0.1, 0.15) is 0 Å². The van der Waals surface area contributed by atoms with Crippen LogP contribution in [-0.4, -0.2) is 42.0 Å². The highest BCUT2D eigenvalue weighted by Gasteiger charge is 2.11. The number of hydrogen-bond acceptors (Lipinski definition) is 5. The normalized spacial score (nSPS) is 10.7. The van der Waals surface area contributed by atoms with Crippen LogP contribution in [0.25, 0.3) is 11.3 Å². The lowest BCUT2D eigenvalue weighted by atomic mass is 10.1. The van der Waals surface area contributed by atoms with Gasteiger partial charge in [-0.25, -0.2) is 4.98 Å². The summed E-state index contributed by atoms with van der Waals surface area (Å²) < 4.78 is 12.5. The molecule has 1 aromatic heterocycles. The zero-order valence-corrected chi connectivity index (χ0v) is 18.7. The van der Waals surface area contributed by atoms with Crippen LogP contribution in [-0.2, 0) is 18.3 Å². The predicted octanol–water partition coefficient (Wildman–Crippen LogP) is 4.21. The van der Waals surface area contributed by atoms with Crippen LogP contribution in [0.3, 0.4) is 0 Å². The fourth-order valence-corrected chi connectivity index (χ4v) is 3.89. The summed E-state index contributed by atoms with van der Waals surface area (Å²) in [4.78, 5) is 16.7.